The number of nitrogens with zero attached hydrogens (tertiary/aromatic N) is 1. The maximum absolute atomic E-state index is 12.3. The summed E-state index contributed by atoms with van der Waals surface area (Å²) in [6, 6.07) is 1.73. The number of likely N-dealkylation sites (N-methyl/N-ethyl adjacent to an activating group) is 1. The molecule has 0 aromatic rings. The van der Waals surface area contributed by atoms with E-state index in [0.29, 0.717) is 0 Å². The Morgan fingerprint density at radius 1 is 1.14 bits per heavy atom. The van der Waals surface area contributed by atoms with Crippen LogP contribution in [0.25, 0.3) is 0 Å². The first-order valence-electron chi connectivity index (χ1n) is 7.69. The second-order valence-electron chi connectivity index (χ2n) is 7.50. The molecule has 6 nitrogen and oxygen atoms in total. The van der Waals surface area contributed by atoms with Gasteiger partial charge in [0.05, 0.1) is 13.1 Å². The van der Waals surface area contributed by atoms with E-state index in [0.717, 1.165) is 4.90 Å². The molecule has 0 saturated heterocycles. The summed E-state index contributed by atoms with van der Waals surface area (Å²) in [7, 11) is 1.80. The highest BCUT2D eigenvalue weighted by Crippen LogP contribution is 2.14. The number of rotatable bonds is 6. The summed E-state index contributed by atoms with van der Waals surface area (Å²) in [5, 5.41) is 14.9. The molecule has 2 amide bonds. The topological polar surface area (TPSA) is 86.4 Å². The lowest BCUT2D eigenvalue weighted by atomic mass is 9.90. The van der Waals surface area contributed by atoms with E-state index in [2.05, 4.69) is 16.7 Å². The van der Waals surface area contributed by atoms with Crippen LogP contribution in [0, 0.1) is 17.2 Å². The quantitative estimate of drug-likeness (QED) is 0.638. The molecule has 0 spiro atoms. The van der Waals surface area contributed by atoms with E-state index in [1.165, 1.54) is 0 Å². The van der Waals surface area contributed by atoms with Gasteiger partial charge < -0.3 is 15.5 Å². The van der Waals surface area contributed by atoms with Crippen molar-refractivity contribution in [1.29, 1.82) is 5.26 Å². The van der Waals surface area contributed by atoms with E-state index in [-0.39, 0.29) is 29.8 Å². The highest BCUT2D eigenvalue weighted by Gasteiger charge is 2.34. The van der Waals surface area contributed by atoms with Gasteiger partial charge in [0.15, 0.2) is 12.6 Å². The smallest absolute Gasteiger partial charge is 0.279 e. The minimum absolute atomic E-state index is 0.00172. The number of nitrogens with one attached hydrogen (secondary N) is 3. The van der Waals surface area contributed by atoms with Crippen LogP contribution in [0.5, 0.6) is 0 Å². The highest BCUT2D eigenvalue weighted by atomic mass is 16.2. The Labute approximate surface area is 134 Å². The SMILES string of the molecule is CC(C)[C@@](C)(C#N)NC(=O)[C@@H](C)[NH+](C)CC(=O)NC(C)(C)C. The lowest BCUT2D eigenvalue weighted by molar-refractivity contribution is -0.886. The molecule has 0 aromatic heterocycles. The summed E-state index contributed by atoms with van der Waals surface area (Å²) in [4.78, 5) is 25.0. The predicted octanol–water partition coefficient (Wildman–Crippen LogP) is -0.141. The van der Waals surface area contributed by atoms with Gasteiger partial charge in [0, 0.05) is 5.54 Å². The van der Waals surface area contributed by atoms with Crippen molar-refractivity contribution in [2.75, 3.05) is 13.6 Å². The molecule has 0 saturated carbocycles. The van der Waals surface area contributed by atoms with Gasteiger partial charge >= 0.3 is 0 Å². The molecule has 0 rings (SSSR count). The van der Waals surface area contributed by atoms with Gasteiger partial charge in [0.2, 0.25) is 0 Å². The summed E-state index contributed by atoms with van der Waals surface area (Å²) < 4.78 is 0. The minimum atomic E-state index is -0.903. The van der Waals surface area contributed by atoms with Gasteiger partial charge in [0.1, 0.15) is 5.54 Å². The average molecular weight is 311 g/mol. The fraction of sp³-hybridized carbons (Fsp3) is 0.812. The van der Waals surface area contributed by atoms with Gasteiger partial charge in [-0.05, 0) is 40.5 Å². The third-order valence-electron chi connectivity index (χ3n) is 3.86. The zero-order valence-corrected chi connectivity index (χ0v) is 15.1. The van der Waals surface area contributed by atoms with Gasteiger partial charge in [-0.3, -0.25) is 9.59 Å². The van der Waals surface area contributed by atoms with Crippen molar-refractivity contribution in [3.05, 3.63) is 0 Å². The van der Waals surface area contributed by atoms with Crippen LogP contribution < -0.4 is 15.5 Å². The van der Waals surface area contributed by atoms with Crippen LogP contribution in [0.4, 0.5) is 0 Å². The largest absolute Gasteiger partial charge is 0.347 e. The second-order valence-corrected chi connectivity index (χ2v) is 7.50. The lowest BCUT2D eigenvalue weighted by Gasteiger charge is -2.30. The van der Waals surface area contributed by atoms with Gasteiger partial charge in [-0.2, -0.15) is 5.26 Å². The first kappa shape index (κ1) is 20.4. The molecule has 0 bridgehead atoms. The molecular formula is C16H31N4O2+. The number of hydrogen-bond donors (Lipinski definition) is 3. The molecule has 0 aromatic carbocycles. The summed E-state index contributed by atoms with van der Waals surface area (Å²) in [6.45, 7) is 13.2. The molecule has 0 heterocycles. The van der Waals surface area contributed by atoms with Crippen LogP contribution in [-0.2, 0) is 9.59 Å². The van der Waals surface area contributed by atoms with Crippen LogP contribution in [-0.4, -0.2) is 42.5 Å². The minimum Gasteiger partial charge on any atom is -0.347 e. The highest BCUT2D eigenvalue weighted by molar-refractivity contribution is 5.82. The molecule has 0 fully saturated rings. The van der Waals surface area contributed by atoms with Crippen LogP contribution in [0.3, 0.4) is 0 Å². The van der Waals surface area contributed by atoms with Crippen molar-refractivity contribution in [2.24, 2.45) is 5.92 Å². The predicted molar refractivity (Wildman–Crippen MR) is 86.1 cm³/mol. The maximum atomic E-state index is 12.3. The monoisotopic (exact) mass is 311 g/mol. The number of nitriles is 1. The molecule has 3 N–H and O–H groups in total. The number of quaternary nitrogens is 1. The molecule has 6 heteroatoms. The Balaban J connectivity index is 4.70. The van der Waals surface area contributed by atoms with Crippen molar-refractivity contribution in [2.45, 2.75) is 65.6 Å². The van der Waals surface area contributed by atoms with Gasteiger partial charge in [-0.15, -0.1) is 0 Å². The van der Waals surface area contributed by atoms with Crippen LogP contribution in [0.1, 0.15) is 48.5 Å². The van der Waals surface area contributed by atoms with E-state index in [9.17, 15) is 14.9 Å². The Bertz CT molecular complexity index is 448. The fourth-order valence-corrected chi connectivity index (χ4v) is 1.76. The maximum Gasteiger partial charge on any atom is 0.279 e. The van der Waals surface area contributed by atoms with E-state index in [1.54, 1.807) is 20.9 Å². The summed E-state index contributed by atoms with van der Waals surface area (Å²) in [5.74, 6) is -0.325. The number of carbonyl (C=O) groups is 2. The third kappa shape index (κ3) is 6.44. The molecule has 0 aliphatic heterocycles. The van der Waals surface area contributed by atoms with E-state index in [4.69, 9.17) is 0 Å². The molecule has 1 unspecified atom stereocenters. The second kappa shape index (κ2) is 7.59. The summed E-state index contributed by atoms with van der Waals surface area (Å²) >= 11 is 0. The van der Waals surface area contributed by atoms with Crippen molar-refractivity contribution in [3.8, 4) is 6.07 Å². The number of amides is 2. The molecular weight excluding hydrogens is 280 g/mol. The standard InChI is InChI=1S/C16H30N4O2/c1-11(2)16(7,10-17)19-14(22)12(3)20(8)9-13(21)18-15(4,5)6/h11-12H,9H2,1-8H3,(H,18,21)(H,19,22)/p+1/t12-,16-/m1/s1. The Kier molecular flexibility index (Phi) is 7.04. The van der Waals surface area contributed by atoms with Crippen molar-refractivity contribution in [1.82, 2.24) is 10.6 Å². The number of hydrogen-bond acceptors (Lipinski definition) is 3. The first-order valence-corrected chi connectivity index (χ1v) is 7.69. The summed E-state index contributed by atoms with van der Waals surface area (Å²) in [6.07, 6.45) is 0. The molecule has 0 aliphatic carbocycles. The Morgan fingerprint density at radius 2 is 1.64 bits per heavy atom. The lowest BCUT2D eigenvalue weighted by Crippen LogP contribution is -3.15. The van der Waals surface area contributed by atoms with Gasteiger partial charge in [-0.25, -0.2) is 0 Å². The summed E-state index contributed by atoms with van der Waals surface area (Å²) in [5.41, 5.74) is -1.20. The van der Waals surface area contributed by atoms with E-state index < -0.39 is 11.6 Å². The zero-order valence-electron chi connectivity index (χ0n) is 15.1. The van der Waals surface area contributed by atoms with Crippen molar-refractivity contribution < 1.29 is 14.5 Å². The molecule has 22 heavy (non-hydrogen) atoms. The van der Waals surface area contributed by atoms with Crippen molar-refractivity contribution in [3.63, 3.8) is 0 Å². The Hall–Kier alpha value is -1.61. The zero-order chi connectivity index (χ0) is 17.7. The Morgan fingerprint density at radius 3 is 2.00 bits per heavy atom. The van der Waals surface area contributed by atoms with E-state index in [1.807, 2.05) is 34.6 Å². The van der Waals surface area contributed by atoms with Crippen LogP contribution in [0.2, 0.25) is 0 Å². The molecule has 0 radical (unpaired) electrons. The normalized spacial score (nSPS) is 17.1. The van der Waals surface area contributed by atoms with Gasteiger partial charge in [0.25, 0.3) is 11.8 Å². The molecule has 0 aliphatic rings. The van der Waals surface area contributed by atoms with E-state index >= 15 is 0 Å². The molecule has 3 atom stereocenters. The van der Waals surface area contributed by atoms with Crippen molar-refractivity contribution >= 4 is 11.8 Å². The molecule has 126 valence electrons. The fourth-order valence-electron chi connectivity index (χ4n) is 1.76. The third-order valence-corrected chi connectivity index (χ3v) is 3.86. The van der Waals surface area contributed by atoms with Crippen LogP contribution >= 0.6 is 0 Å². The van der Waals surface area contributed by atoms with Gasteiger partial charge in [-0.1, -0.05) is 13.8 Å². The number of carbonyl (C=O) groups excluding carboxylic acids is 2. The average Bonchev–Trinajstić information content (AvgIpc) is 2.34. The first-order chi connectivity index (χ1) is 9.82. The van der Waals surface area contributed by atoms with Crippen LogP contribution in [0.15, 0.2) is 0 Å².